The van der Waals surface area contributed by atoms with Crippen molar-refractivity contribution in [2.75, 3.05) is 0 Å². The Bertz CT molecular complexity index is 989. The van der Waals surface area contributed by atoms with E-state index in [9.17, 15) is 0 Å². The lowest BCUT2D eigenvalue weighted by atomic mass is 9.33. The van der Waals surface area contributed by atoms with Crippen LogP contribution in [0.1, 0.15) is 76.3 Å². The highest BCUT2D eigenvalue weighted by atomic mass is 16.5. The van der Waals surface area contributed by atoms with Crippen molar-refractivity contribution in [2.45, 2.75) is 76.0 Å². The summed E-state index contributed by atoms with van der Waals surface area (Å²) in [5.74, 6) is 1.22. The number of nitriles is 2. The summed E-state index contributed by atoms with van der Waals surface area (Å²) >= 11 is 0. The van der Waals surface area contributed by atoms with Crippen LogP contribution in [-0.2, 0) is 10.8 Å². The van der Waals surface area contributed by atoms with E-state index in [0.717, 1.165) is 6.42 Å². The van der Waals surface area contributed by atoms with E-state index in [-0.39, 0.29) is 10.8 Å². The fourth-order valence-corrected chi connectivity index (χ4v) is 8.29. The highest BCUT2D eigenvalue weighted by Crippen LogP contribution is 2.75. The second-order valence-electron chi connectivity index (χ2n) is 10.8. The fourth-order valence-electron chi connectivity index (χ4n) is 8.29. The van der Waals surface area contributed by atoms with Gasteiger partial charge >= 0.3 is 0 Å². The van der Waals surface area contributed by atoms with Gasteiger partial charge in [-0.2, -0.15) is 0 Å². The third kappa shape index (κ3) is 3.08. The largest absolute Gasteiger partial charge is 0.388 e. The van der Waals surface area contributed by atoms with Crippen LogP contribution in [0.25, 0.3) is 0 Å². The molecule has 0 heterocycles. The van der Waals surface area contributed by atoms with Crippen LogP contribution in [0, 0.1) is 33.9 Å². The average Bonchev–Trinajstić information content (AvgIpc) is 2.80. The lowest BCUT2D eigenvalue weighted by molar-refractivity contribution is -0.145. The Labute approximate surface area is 190 Å². The molecule has 0 saturated heterocycles. The summed E-state index contributed by atoms with van der Waals surface area (Å²) in [5, 5.41) is 17.7. The molecule has 0 spiro atoms. The van der Waals surface area contributed by atoms with Crippen molar-refractivity contribution < 1.29 is 9.47 Å². The zero-order valence-electron chi connectivity index (χ0n) is 19.0. The van der Waals surface area contributed by atoms with Crippen molar-refractivity contribution >= 4 is 0 Å². The quantitative estimate of drug-likeness (QED) is 0.479. The molecule has 0 unspecified atom stereocenters. The first-order valence-electron chi connectivity index (χ1n) is 11.8. The first kappa shape index (κ1) is 20.9. The van der Waals surface area contributed by atoms with Gasteiger partial charge in [0, 0.05) is 0 Å². The third-order valence-electron chi connectivity index (χ3n) is 9.04. The molecule has 0 atom stereocenters. The number of ether oxygens (including phenoxy) is 2. The van der Waals surface area contributed by atoms with Crippen LogP contribution in [0.3, 0.4) is 0 Å². The molecular weight excluding hydrogens is 396 g/mol. The van der Waals surface area contributed by atoms with Gasteiger partial charge in [0.1, 0.15) is 11.5 Å². The van der Waals surface area contributed by atoms with Crippen LogP contribution in [0.2, 0.25) is 0 Å². The summed E-state index contributed by atoms with van der Waals surface area (Å²) in [4.78, 5) is 0. The van der Waals surface area contributed by atoms with Gasteiger partial charge in [-0.25, -0.2) is 0 Å². The van der Waals surface area contributed by atoms with Crippen LogP contribution in [0.15, 0.2) is 48.5 Å². The molecule has 164 valence electrons. The van der Waals surface area contributed by atoms with E-state index < -0.39 is 0 Å². The monoisotopic (exact) mass is 426 g/mol. The molecule has 0 aromatic heterocycles. The topological polar surface area (TPSA) is 66.0 Å². The second-order valence-corrected chi connectivity index (χ2v) is 10.8. The van der Waals surface area contributed by atoms with Crippen molar-refractivity contribution in [3.8, 4) is 24.0 Å². The van der Waals surface area contributed by atoms with E-state index in [2.05, 4.69) is 38.1 Å². The van der Waals surface area contributed by atoms with Crippen molar-refractivity contribution in [2.24, 2.45) is 10.8 Å². The Morgan fingerprint density at radius 3 is 1.31 bits per heavy atom. The van der Waals surface area contributed by atoms with Crippen molar-refractivity contribution in [3.05, 3.63) is 59.7 Å². The first-order valence-corrected chi connectivity index (χ1v) is 11.8. The maximum absolute atomic E-state index is 8.86. The predicted molar refractivity (Wildman–Crippen MR) is 122 cm³/mol. The van der Waals surface area contributed by atoms with Crippen LogP contribution in [-0.4, -0.2) is 0 Å². The summed E-state index contributed by atoms with van der Waals surface area (Å²) in [7, 11) is 0. The number of hydrogen-bond acceptors (Lipinski definition) is 4. The van der Waals surface area contributed by atoms with Crippen molar-refractivity contribution in [3.63, 3.8) is 0 Å². The maximum atomic E-state index is 8.86. The zero-order valence-corrected chi connectivity index (χ0v) is 19.0. The maximum Gasteiger partial charge on any atom is 0.292 e. The molecule has 4 fully saturated rings. The molecule has 32 heavy (non-hydrogen) atoms. The van der Waals surface area contributed by atoms with Crippen LogP contribution < -0.4 is 9.47 Å². The molecule has 0 N–H and O–H groups in total. The van der Waals surface area contributed by atoms with Gasteiger partial charge < -0.3 is 9.47 Å². The molecular formula is C28H30N2O2. The highest BCUT2D eigenvalue weighted by molar-refractivity contribution is 5.43. The molecule has 0 amide bonds. The summed E-state index contributed by atoms with van der Waals surface area (Å²) in [5.41, 5.74) is 3.79. The van der Waals surface area contributed by atoms with E-state index in [4.69, 9.17) is 20.0 Å². The number of hydrogen-bond donors (Lipinski definition) is 0. The molecule has 2 aromatic carbocycles. The van der Waals surface area contributed by atoms with Gasteiger partial charge in [0.2, 0.25) is 0 Å². The van der Waals surface area contributed by atoms with E-state index in [1.165, 1.54) is 56.1 Å². The molecule has 2 aromatic rings. The van der Waals surface area contributed by atoms with Gasteiger partial charge in [0.25, 0.3) is 12.5 Å². The third-order valence-corrected chi connectivity index (χ3v) is 9.04. The molecule has 4 nitrogen and oxygen atoms in total. The molecule has 4 saturated carbocycles. The molecule has 0 aliphatic heterocycles. The van der Waals surface area contributed by atoms with Gasteiger partial charge in [0.15, 0.2) is 0 Å². The van der Waals surface area contributed by atoms with Gasteiger partial charge in [-0.1, -0.05) is 51.0 Å². The SMILES string of the molecule is CCC12CC3(CC)CC(c4ccc(OC#N)cc4)(C1)CC(c1ccc(OC#N)cc1)(C2)C3. The van der Waals surface area contributed by atoms with Crippen molar-refractivity contribution in [1.82, 2.24) is 0 Å². The lowest BCUT2D eigenvalue weighted by Gasteiger charge is -2.71. The van der Waals surface area contributed by atoms with Gasteiger partial charge in [-0.3, -0.25) is 0 Å². The molecule has 4 bridgehead atoms. The van der Waals surface area contributed by atoms with E-state index in [0.29, 0.717) is 22.3 Å². The number of rotatable bonds is 6. The highest BCUT2D eigenvalue weighted by Gasteiger charge is 2.67. The standard InChI is InChI=1S/C28H30N2O2/c1-3-25-13-26(4-2)16-27(14-25,21-5-9-23(10-6-21)31-19-29)18-28(15-25,17-26)22-7-11-24(12-8-22)32-20-30/h5-12H,3-4,13-18H2,1-2H3. The Morgan fingerprint density at radius 1 is 0.625 bits per heavy atom. The second kappa shape index (κ2) is 7.28. The number of nitrogens with zero attached hydrogens (tertiary/aromatic N) is 2. The average molecular weight is 427 g/mol. The van der Waals surface area contributed by atoms with Gasteiger partial charge in [-0.15, -0.1) is 10.5 Å². The molecule has 4 heteroatoms. The Morgan fingerprint density at radius 2 is 1.00 bits per heavy atom. The minimum Gasteiger partial charge on any atom is -0.388 e. The van der Waals surface area contributed by atoms with Crippen LogP contribution in [0.4, 0.5) is 0 Å². The van der Waals surface area contributed by atoms with E-state index in [1.807, 2.05) is 24.3 Å². The lowest BCUT2D eigenvalue weighted by Crippen LogP contribution is -2.64. The first-order chi connectivity index (χ1) is 15.4. The normalized spacial score (nSPS) is 34.5. The zero-order chi connectivity index (χ0) is 22.5. The van der Waals surface area contributed by atoms with Gasteiger partial charge in [0.05, 0.1) is 0 Å². The predicted octanol–water partition coefficient (Wildman–Crippen LogP) is 6.76. The molecule has 0 radical (unpaired) electrons. The molecule has 4 aliphatic rings. The Hall–Kier alpha value is -2.98. The smallest absolute Gasteiger partial charge is 0.292 e. The van der Waals surface area contributed by atoms with E-state index >= 15 is 0 Å². The Kier molecular flexibility index (Phi) is 4.75. The van der Waals surface area contributed by atoms with E-state index in [1.54, 1.807) is 12.5 Å². The van der Waals surface area contributed by atoms with Crippen LogP contribution >= 0.6 is 0 Å². The molecule has 4 aliphatic carbocycles. The summed E-state index contributed by atoms with van der Waals surface area (Å²) < 4.78 is 10.1. The van der Waals surface area contributed by atoms with Gasteiger partial charge in [-0.05, 0) is 95.6 Å². The minimum absolute atomic E-state index is 0.147. The Balaban J connectivity index is 1.62. The molecule has 6 rings (SSSR count). The summed E-state index contributed by atoms with van der Waals surface area (Å²) in [6.45, 7) is 4.76. The number of benzene rings is 2. The van der Waals surface area contributed by atoms with Crippen LogP contribution in [0.5, 0.6) is 11.5 Å². The summed E-state index contributed by atoms with van der Waals surface area (Å²) in [6.07, 6.45) is 13.4. The van der Waals surface area contributed by atoms with Crippen molar-refractivity contribution in [1.29, 1.82) is 10.5 Å². The summed E-state index contributed by atoms with van der Waals surface area (Å²) in [6, 6.07) is 16.6. The minimum atomic E-state index is 0.147. The fraction of sp³-hybridized carbons (Fsp3) is 0.500.